The monoisotopic (exact) mass is 567 g/mol. The molecule has 3 fully saturated rings. The Morgan fingerprint density at radius 3 is 2.06 bits per heavy atom. The van der Waals surface area contributed by atoms with E-state index in [1.807, 2.05) is 32.9 Å². The van der Waals surface area contributed by atoms with E-state index in [4.69, 9.17) is 4.74 Å². The lowest BCUT2D eigenvalue weighted by molar-refractivity contribution is -0.159. The molecule has 7 atom stereocenters. The van der Waals surface area contributed by atoms with Crippen LogP contribution in [0, 0.1) is 36.5 Å². The number of esters is 1. The Morgan fingerprint density at radius 2 is 1.56 bits per heavy atom. The number of carbonyl (C=O) groups excluding carboxylic acids is 4. The van der Waals surface area contributed by atoms with Crippen LogP contribution in [0.25, 0.3) is 0 Å². The third-order valence-electron chi connectivity index (χ3n) is 7.02. The Hall–Kier alpha value is -1.54. The van der Waals surface area contributed by atoms with Crippen LogP contribution in [0.1, 0.15) is 42.6 Å². The molecular formula is C24H27Br2NO5. The van der Waals surface area contributed by atoms with Crippen LogP contribution in [0.4, 0.5) is 0 Å². The maximum absolute atomic E-state index is 13.4. The molecule has 0 spiro atoms. The number of nitrogens with zero attached hydrogens (tertiary/aromatic N) is 1. The van der Waals surface area contributed by atoms with Gasteiger partial charge in [-0.15, -0.1) is 0 Å². The third kappa shape index (κ3) is 3.98. The molecule has 1 aromatic rings. The number of imide groups is 1. The molecule has 172 valence electrons. The number of hydrogen-bond donors (Lipinski definition) is 0. The largest absolute Gasteiger partial charge is 0.456 e. The molecule has 2 amide bonds. The molecule has 0 aromatic heterocycles. The van der Waals surface area contributed by atoms with Crippen LogP contribution in [0.2, 0.25) is 0 Å². The third-order valence-corrected chi connectivity index (χ3v) is 10.2. The quantitative estimate of drug-likeness (QED) is 0.216. The zero-order valence-corrected chi connectivity index (χ0v) is 21.5. The van der Waals surface area contributed by atoms with Crippen LogP contribution in [0.5, 0.6) is 0 Å². The van der Waals surface area contributed by atoms with Crippen LogP contribution >= 0.6 is 31.9 Å². The average Bonchev–Trinajstić information content (AvgIpc) is 3.35. The Labute approximate surface area is 204 Å². The second-order valence-electron chi connectivity index (χ2n) is 9.59. The summed E-state index contributed by atoms with van der Waals surface area (Å²) in [7, 11) is 0. The number of rotatable bonds is 7. The molecule has 4 rings (SSSR count). The van der Waals surface area contributed by atoms with Crippen molar-refractivity contribution >= 4 is 55.4 Å². The topological polar surface area (TPSA) is 80.8 Å². The number of alkyl halides is 2. The van der Waals surface area contributed by atoms with Gasteiger partial charge in [0.15, 0.2) is 12.4 Å². The number of carbonyl (C=O) groups is 4. The van der Waals surface area contributed by atoms with E-state index in [-0.39, 0.29) is 56.8 Å². The number of likely N-dealkylation sites (tertiary alicyclic amines) is 1. The Kier molecular flexibility index (Phi) is 6.65. The second-order valence-corrected chi connectivity index (χ2v) is 11.7. The molecule has 3 aliphatic rings. The minimum atomic E-state index is -1.01. The van der Waals surface area contributed by atoms with E-state index >= 15 is 0 Å². The lowest BCUT2D eigenvalue weighted by atomic mass is 9.81. The van der Waals surface area contributed by atoms with E-state index in [9.17, 15) is 19.2 Å². The Morgan fingerprint density at radius 1 is 1.03 bits per heavy atom. The van der Waals surface area contributed by atoms with Crippen LogP contribution < -0.4 is 0 Å². The lowest BCUT2D eigenvalue weighted by Crippen LogP contribution is -2.48. The van der Waals surface area contributed by atoms with Crippen molar-refractivity contribution in [1.29, 1.82) is 0 Å². The van der Waals surface area contributed by atoms with Gasteiger partial charge in [-0.05, 0) is 37.5 Å². The average molecular weight is 569 g/mol. The van der Waals surface area contributed by atoms with Gasteiger partial charge in [0.2, 0.25) is 11.8 Å². The zero-order chi connectivity index (χ0) is 23.3. The minimum absolute atomic E-state index is 0.0611. The summed E-state index contributed by atoms with van der Waals surface area (Å²) in [5.41, 5.74) is 1.48. The summed E-state index contributed by atoms with van der Waals surface area (Å²) in [5, 5.41) is 0. The minimum Gasteiger partial charge on any atom is -0.456 e. The maximum Gasteiger partial charge on any atom is 0.329 e. The highest BCUT2D eigenvalue weighted by Gasteiger charge is 2.67. The molecule has 1 aliphatic heterocycles. The number of benzene rings is 1. The summed E-state index contributed by atoms with van der Waals surface area (Å²) in [6.07, 6.45) is 1.14. The van der Waals surface area contributed by atoms with E-state index in [2.05, 4.69) is 31.9 Å². The van der Waals surface area contributed by atoms with Crippen molar-refractivity contribution in [3.63, 3.8) is 0 Å². The van der Waals surface area contributed by atoms with Gasteiger partial charge in [-0.3, -0.25) is 19.3 Å². The first kappa shape index (κ1) is 23.6. The molecule has 2 saturated carbocycles. The van der Waals surface area contributed by atoms with Gasteiger partial charge in [0.1, 0.15) is 6.04 Å². The summed E-state index contributed by atoms with van der Waals surface area (Å²) < 4.78 is 5.34. The number of fused-ring (bicyclic) bond motifs is 5. The van der Waals surface area contributed by atoms with Crippen molar-refractivity contribution < 1.29 is 23.9 Å². The van der Waals surface area contributed by atoms with Gasteiger partial charge >= 0.3 is 5.97 Å². The molecule has 0 N–H and O–H groups in total. The first-order valence-corrected chi connectivity index (χ1v) is 12.9. The first-order chi connectivity index (χ1) is 15.1. The summed E-state index contributed by atoms with van der Waals surface area (Å²) in [4.78, 5) is 53.6. The van der Waals surface area contributed by atoms with Gasteiger partial charge in [0.25, 0.3) is 0 Å². The Balaban J connectivity index is 1.50. The van der Waals surface area contributed by atoms with E-state index in [1.54, 1.807) is 12.1 Å². The predicted octanol–water partition coefficient (Wildman–Crippen LogP) is 3.91. The van der Waals surface area contributed by atoms with Gasteiger partial charge in [0, 0.05) is 15.2 Å². The van der Waals surface area contributed by atoms with E-state index < -0.39 is 18.6 Å². The van der Waals surface area contributed by atoms with Crippen molar-refractivity contribution in [2.45, 2.75) is 49.3 Å². The van der Waals surface area contributed by atoms with E-state index in [0.717, 1.165) is 16.9 Å². The standard InChI is InChI=1S/C24H27Br2NO5/c1-11(2)8-16(24(31)32-10-17(28)13-6-4-12(3)5-7-13)27-22(29)18-14-9-15(19(18)23(27)30)21(26)20(14)25/h4-7,11,14-16,18-21H,8-10H2,1-3H3/t14-,15-,16+,18-,19+,20-,21+/m1/s1. The SMILES string of the molecule is Cc1ccc(C(=O)COC(=O)[C@H](CC(C)C)N2C(=O)[C@@H]3[C@H]4C[C@@H]([C@H](Br)[C@@H]4Br)[C@@H]3C2=O)cc1. The highest BCUT2D eigenvalue weighted by Crippen LogP contribution is 2.60. The lowest BCUT2D eigenvalue weighted by Gasteiger charge is -2.28. The molecular weight excluding hydrogens is 542 g/mol. The highest BCUT2D eigenvalue weighted by atomic mass is 79.9. The summed E-state index contributed by atoms with van der Waals surface area (Å²) in [6, 6.07) is 6.01. The Bertz CT molecular complexity index is 914. The fourth-order valence-corrected chi connectivity index (χ4v) is 7.36. The number of amides is 2. The van der Waals surface area contributed by atoms with Gasteiger partial charge in [-0.25, -0.2) is 4.79 Å². The number of ketones is 1. The molecule has 6 nitrogen and oxygen atoms in total. The summed E-state index contributed by atoms with van der Waals surface area (Å²) >= 11 is 7.36. The van der Waals surface area contributed by atoms with Crippen molar-refractivity contribution in [2.24, 2.45) is 29.6 Å². The molecule has 32 heavy (non-hydrogen) atoms. The van der Waals surface area contributed by atoms with Crippen molar-refractivity contribution in [3.8, 4) is 0 Å². The number of Topliss-reactive ketones (excluding diaryl/α,β-unsaturated/α-hetero) is 1. The van der Waals surface area contributed by atoms with E-state index in [1.165, 1.54) is 0 Å². The van der Waals surface area contributed by atoms with Gasteiger partial charge in [-0.2, -0.15) is 0 Å². The highest BCUT2D eigenvalue weighted by molar-refractivity contribution is 9.12. The van der Waals surface area contributed by atoms with Crippen LogP contribution in [-0.2, 0) is 19.1 Å². The molecule has 1 heterocycles. The molecule has 0 unspecified atom stereocenters. The molecule has 8 heteroatoms. The van der Waals surface area contributed by atoms with Crippen LogP contribution in [0.3, 0.4) is 0 Å². The fraction of sp³-hybridized carbons (Fsp3) is 0.583. The summed E-state index contributed by atoms with van der Waals surface area (Å²) in [5.74, 6) is -2.12. The number of aryl methyl sites for hydroxylation is 1. The molecule has 2 aliphatic carbocycles. The molecule has 1 aromatic carbocycles. The van der Waals surface area contributed by atoms with Crippen molar-refractivity contribution in [3.05, 3.63) is 35.4 Å². The van der Waals surface area contributed by atoms with Gasteiger partial charge in [0.05, 0.1) is 11.8 Å². The van der Waals surface area contributed by atoms with Gasteiger partial charge in [-0.1, -0.05) is 75.5 Å². The van der Waals surface area contributed by atoms with E-state index in [0.29, 0.717) is 12.0 Å². The van der Waals surface area contributed by atoms with Gasteiger partial charge < -0.3 is 4.74 Å². The number of hydrogen-bond acceptors (Lipinski definition) is 5. The smallest absolute Gasteiger partial charge is 0.329 e. The maximum atomic E-state index is 13.4. The van der Waals surface area contributed by atoms with Crippen molar-refractivity contribution in [2.75, 3.05) is 6.61 Å². The molecule has 1 saturated heterocycles. The first-order valence-electron chi connectivity index (χ1n) is 11.0. The molecule has 2 bridgehead atoms. The van der Waals surface area contributed by atoms with Crippen LogP contribution in [-0.4, -0.2) is 50.8 Å². The summed E-state index contributed by atoms with van der Waals surface area (Å²) in [6.45, 7) is 5.36. The normalized spacial score (nSPS) is 31.9. The predicted molar refractivity (Wildman–Crippen MR) is 126 cm³/mol. The number of ether oxygens (including phenoxy) is 1. The van der Waals surface area contributed by atoms with Crippen LogP contribution in [0.15, 0.2) is 24.3 Å². The zero-order valence-electron chi connectivity index (χ0n) is 18.3. The van der Waals surface area contributed by atoms with Crippen molar-refractivity contribution in [1.82, 2.24) is 4.90 Å². The molecule has 0 radical (unpaired) electrons. The number of halogens is 2. The fourth-order valence-electron chi connectivity index (χ4n) is 5.49. The second kappa shape index (κ2) is 9.01.